The van der Waals surface area contributed by atoms with Crippen LogP contribution in [0.2, 0.25) is 0 Å². The molecule has 0 saturated heterocycles. The van der Waals surface area contributed by atoms with E-state index in [0.717, 1.165) is 22.8 Å². The van der Waals surface area contributed by atoms with Gasteiger partial charge in [0.15, 0.2) is 0 Å². The minimum absolute atomic E-state index is 0.0579. The number of hydrogen-bond acceptors (Lipinski definition) is 5. The Kier molecular flexibility index (Phi) is 4.95. The van der Waals surface area contributed by atoms with Crippen LogP contribution in [0.1, 0.15) is 35.7 Å². The van der Waals surface area contributed by atoms with Gasteiger partial charge in [-0.15, -0.1) is 0 Å². The quantitative estimate of drug-likeness (QED) is 0.694. The summed E-state index contributed by atoms with van der Waals surface area (Å²) in [5.74, 6) is 0.0579. The monoisotopic (exact) mass is 406 g/mol. The molecule has 0 spiro atoms. The lowest BCUT2D eigenvalue weighted by Gasteiger charge is -2.21. The molecule has 0 amide bonds. The summed E-state index contributed by atoms with van der Waals surface area (Å²) >= 11 is 0. The molecular formula is C20H21F3N4O2. The summed E-state index contributed by atoms with van der Waals surface area (Å²) in [5.41, 5.74) is 6.28. The van der Waals surface area contributed by atoms with E-state index in [9.17, 15) is 18.3 Å². The van der Waals surface area contributed by atoms with Crippen LogP contribution in [0.3, 0.4) is 0 Å². The molecule has 0 bridgehead atoms. The molecule has 2 aromatic heterocycles. The van der Waals surface area contributed by atoms with E-state index in [0.29, 0.717) is 12.8 Å². The van der Waals surface area contributed by atoms with E-state index in [1.54, 1.807) is 0 Å². The lowest BCUT2D eigenvalue weighted by molar-refractivity contribution is -0.138. The van der Waals surface area contributed by atoms with Crippen molar-refractivity contribution < 1.29 is 23.0 Å². The summed E-state index contributed by atoms with van der Waals surface area (Å²) < 4.78 is 47.6. The van der Waals surface area contributed by atoms with Gasteiger partial charge in [-0.3, -0.25) is 0 Å². The van der Waals surface area contributed by atoms with Crippen LogP contribution in [-0.4, -0.2) is 31.8 Å². The van der Waals surface area contributed by atoms with Crippen molar-refractivity contribution in [2.24, 2.45) is 5.73 Å². The van der Waals surface area contributed by atoms with Crippen molar-refractivity contribution in [2.45, 2.75) is 50.7 Å². The molecule has 3 aromatic rings. The van der Waals surface area contributed by atoms with E-state index in [2.05, 4.69) is 9.97 Å². The molecule has 0 radical (unpaired) electrons. The number of rotatable bonds is 4. The number of aliphatic hydroxyl groups excluding tert-OH is 1. The highest BCUT2D eigenvalue weighted by molar-refractivity contribution is 5.78. The highest BCUT2D eigenvalue weighted by Crippen LogP contribution is 2.39. The second-order valence-corrected chi connectivity index (χ2v) is 7.25. The van der Waals surface area contributed by atoms with E-state index < -0.39 is 23.9 Å². The molecule has 154 valence electrons. The number of nitrogens with two attached hydrogens (primary N) is 1. The zero-order valence-electron chi connectivity index (χ0n) is 15.7. The highest BCUT2D eigenvalue weighted by atomic mass is 19.4. The standard InChI is InChI=1S/C20H21F3N4O2/c1-11-13-5-6-27(19(13)26-10-25-11)12-7-16(28)18(8-12)29-17-4-2-3-15(14(17)9-24)20(21,22)23/h2-6,10,12,16,18,28H,7-9,24H2,1H3/t12-,16-,18-/m0/s1. The van der Waals surface area contributed by atoms with Gasteiger partial charge in [0.2, 0.25) is 0 Å². The minimum Gasteiger partial charge on any atom is -0.487 e. The molecule has 1 aliphatic carbocycles. The first-order valence-corrected chi connectivity index (χ1v) is 9.31. The average molecular weight is 406 g/mol. The number of aliphatic hydroxyl groups is 1. The Hall–Kier alpha value is -2.65. The lowest BCUT2D eigenvalue weighted by Crippen LogP contribution is -2.27. The van der Waals surface area contributed by atoms with Gasteiger partial charge in [0.05, 0.1) is 17.4 Å². The summed E-state index contributed by atoms with van der Waals surface area (Å²) in [5, 5.41) is 11.4. The summed E-state index contributed by atoms with van der Waals surface area (Å²) in [6.45, 7) is 1.58. The largest absolute Gasteiger partial charge is 0.487 e. The van der Waals surface area contributed by atoms with E-state index in [1.807, 2.05) is 23.8 Å². The summed E-state index contributed by atoms with van der Waals surface area (Å²) in [4.78, 5) is 8.51. The number of aryl methyl sites for hydroxylation is 1. The zero-order chi connectivity index (χ0) is 20.8. The predicted octanol–water partition coefficient (Wildman–Crippen LogP) is 3.36. The molecule has 2 heterocycles. The van der Waals surface area contributed by atoms with E-state index >= 15 is 0 Å². The number of benzene rings is 1. The number of ether oxygens (including phenoxy) is 1. The second kappa shape index (κ2) is 7.31. The van der Waals surface area contributed by atoms with Crippen molar-refractivity contribution in [2.75, 3.05) is 0 Å². The first-order valence-electron chi connectivity index (χ1n) is 9.31. The SMILES string of the molecule is Cc1ncnc2c1ccn2[C@@H]1C[C@H](Oc2cccc(C(F)(F)F)c2CN)[C@@H](O)C1. The van der Waals surface area contributed by atoms with E-state index in [-0.39, 0.29) is 23.9 Å². The molecule has 1 aliphatic rings. The predicted molar refractivity (Wildman–Crippen MR) is 100 cm³/mol. The van der Waals surface area contributed by atoms with Crippen molar-refractivity contribution in [3.63, 3.8) is 0 Å². The first-order chi connectivity index (χ1) is 13.8. The Morgan fingerprint density at radius 3 is 2.76 bits per heavy atom. The van der Waals surface area contributed by atoms with Gasteiger partial charge in [0, 0.05) is 36.2 Å². The van der Waals surface area contributed by atoms with Crippen molar-refractivity contribution >= 4 is 11.0 Å². The molecule has 1 fully saturated rings. The summed E-state index contributed by atoms with van der Waals surface area (Å²) in [6, 6.07) is 5.56. The Morgan fingerprint density at radius 2 is 2.03 bits per heavy atom. The fourth-order valence-electron chi connectivity index (χ4n) is 4.01. The zero-order valence-corrected chi connectivity index (χ0v) is 15.7. The van der Waals surface area contributed by atoms with Gasteiger partial charge in [-0.2, -0.15) is 13.2 Å². The van der Waals surface area contributed by atoms with Crippen LogP contribution in [0, 0.1) is 6.92 Å². The van der Waals surface area contributed by atoms with Crippen LogP contribution in [0.15, 0.2) is 36.8 Å². The third-order valence-corrected chi connectivity index (χ3v) is 5.47. The Morgan fingerprint density at radius 1 is 1.24 bits per heavy atom. The molecule has 0 unspecified atom stereocenters. The summed E-state index contributed by atoms with van der Waals surface area (Å²) in [6.07, 6.45) is -1.75. The van der Waals surface area contributed by atoms with Crippen LogP contribution < -0.4 is 10.5 Å². The van der Waals surface area contributed by atoms with Crippen LogP contribution in [0.25, 0.3) is 11.0 Å². The smallest absolute Gasteiger partial charge is 0.416 e. The third kappa shape index (κ3) is 3.56. The molecule has 9 heteroatoms. The lowest BCUT2D eigenvalue weighted by atomic mass is 10.1. The average Bonchev–Trinajstić information content (AvgIpc) is 3.25. The Labute approximate surface area is 165 Å². The molecular weight excluding hydrogens is 385 g/mol. The highest BCUT2D eigenvalue weighted by Gasteiger charge is 2.38. The minimum atomic E-state index is -4.52. The van der Waals surface area contributed by atoms with Gasteiger partial charge in [0.1, 0.15) is 23.8 Å². The van der Waals surface area contributed by atoms with Crippen molar-refractivity contribution in [1.82, 2.24) is 14.5 Å². The molecule has 4 rings (SSSR count). The van der Waals surface area contributed by atoms with Crippen LogP contribution in [0.4, 0.5) is 13.2 Å². The molecule has 3 N–H and O–H groups in total. The van der Waals surface area contributed by atoms with Gasteiger partial charge in [-0.1, -0.05) is 6.07 Å². The molecule has 0 aliphatic heterocycles. The number of nitrogens with zero attached hydrogens (tertiary/aromatic N) is 3. The summed E-state index contributed by atoms with van der Waals surface area (Å²) in [7, 11) is 0. The molecule has 6 nitrogen and oxygen atoms in total. The van der Waals surface area contributed by atoms with Gasteiger partial charge < -0.3 is 20.1 Å². The van der Waals surface area contributed by atoms with Crippen molar-refractivity contribution in [1.29, 1.82) is 0 Å². The molecule has 1 saturated carbocycles. The number of alkyl halides is 3. The van der Waals surface area contributed by atoms with Crippen LogP contribution in [0.5, 0.6) is 5.75 Å². The van der Waals surface area contributed by atoms with Crippen LogP contribution >= 0.6 is 0 Å². The Balaban J connectivity index is 1.59. The van der Waals surface area contributed by atoms with Gasteiger partial charge in [0.25, 0.3) is 0 Å². The fraction of sp³-hybridized carbons (Fsp3) is 0.400. The first kappa shape index (κ1) is 19.7. The van der Waals surface area contributed by atoms with Gasteiger partial charge in [-0.25, -0.2) is 9.97 Å². The van der Waals surface area contributed by atoms with Gasteiger partial charge in [-0.05, 0) is 31.5 Å². The van der Waals surface area contributed by atoms with E-state index in [1.165, 1.54) is 18.5 Å². The second-order valence-electron chi connectivity index (χ2n) is 7.25. The maximum Gasteiger partial charge on any atom is 0.416 e. The Bertz CT molecular complexity index is 1030. The van der Waals surface area contributed by atoms with Crippen LogP contribution in [-0.2, 0) is 12.7 Å². The molecule has 29 heavy (non-hydrogen) atoms. The number of hydrogen-bond donors (Lipinski definition) is 2. The maximum absolute atomic E-state index is 13.3. The normalized spacial score (nSPS) is 22.3. The van der Waals surface area contributed by atoms with Crippen molar-refractivity contribution in [3.8, 4) is 5.75 Å². The van der Waals surface area contributed by atoms with Crippen molar-refractivity contribution in [3.05, 3.63) is 53.6 Å². The van der Waals surface area contributed by atoms with Gasteiger partial charge >= 0.3 is 6.18 Å². The number of fused-ring (bicyclic) bond motifs is 1. The number of halogens is 3. The fourth-order valence-corrected chi connectivity index (χ4v) is 4.01. The third-order valence-electron chi connectivity index (χ3n) is 5.47. The topological polar surface area (TPSA) is 86.2 Å². The number of aromatic nitrogens is 3. The maximum atomic E-state index is 13.3. The molecule has 1 aromatic carbocycles. The van der Waals surface area contributed by atoms with E-state index in [4.69, 9.17) is 10.5 Å². The molecule has 3 atom stereocenters.